The zero-order chi connectivity index (χ0) is 15.1. The van der Waals surface area contributed by atoms with Crippen LogP contribution in [0.15, 0.2) is 42.5 Å². The monoisotopic (exact) mass is 323 g/mol. The maximum Gasteiger partial charge on any atom is 0.248 e. The Morgan fingerprint density at radius 2 is 2.14 bits per heavy atom. The smallest absolute Gasteiger partial charge is 0.248 e. The van der Waals surface area contributed by atoms with Crippen molar-refractivity contribution in [2.24, 2.45) is 0 Å². The molecule has 0 aromatic heterocycles. The van der Waals surface area contributed by atoms with E-state index in [2.05, 4.69) is 0 Å². The van der Waals surface area contributed by atoms with Crippen LogP contribution in [0, 0.1) is 0 Å². The number of amides is 1. The molecule has 3 nitrogen and oxygen atoms in total. The van der Waals surface area contributed by atoms with E-state index in [4.69, 9.17) is 16.3 Å². The predicted octanol–water partition coefficient (Wildman–Crippen LogP) is 3.46. The maximum absolute atomic E-state index is 12.0. The Bertz CT molecular complexity index is 528. The third-order valence-corrected chi connectivity index (χ3v) is 4.33. The topological polar surface area (TPSA) is 29.5 Å². The van der Waals surface area contributed by atoms with Crippen molar-refractivity contribution >= 4 is 35.3 Å². The number of allylic oxidation sites excluding steroid dienone is 2. The highest BCUT2D eigenvalue weighted by Crippen LogP contribution is 2.14. The maximum atomic E-state index is 12.0. The molecular formula is C16H18ClNO2S. The molecule has 1 aliphatic rings. The first-order valence-electron chi connectivity index (χ1n) is 6.69. The van der Waals surface area contributed by atoms with Gasteiger partial charge in [-0.2, -0.15) is 11.8 Å². The second kappa shape index (κ2) is 8.27. The van der Waals surface area contributed by atoms with E-state index in [-0.39, 0.29) is 5.91 Å². The standard InChI is InChI=1S/C16H18ClNO2S/c1-21-15-10-18(12-20-11-15)16(19)5-3-2-4-13-6-8-14(17)9-7-13/h2-9,15H,10-12H2,1H3/b4-2+,5-3+. The van der Waals surface area contributed by atoms with E-state index in [1.165, 1.54) is 0 Å². The Labute approximate surface area is 134 Å². The van der Waals surface area contributed by atoms with Crippen molar-refractivity contribution in [1.82, 2.24) is 4.90 Å². The van der Waals surface area contributed by atoms with Gasteiger partial charge in [0.2, 0.25) is 5.91 Å². The van der Waals surface area contributed by atoms with Crippen LogP contribution >= 0.6 is 23.4 Å². The Balaban J connectivity index is 1.85. The third-order valence-electron chi connectivity index (χ3n) is 3.13. The van der Waals surface area contributed by atoms with Gasteiger partial charge < -0.3 is 9.64 Å². The van der Waals surface area contributed by atoms with Crippen LogP contribution in [0.25, 0.3) is 6.08 Å². The number of carbonyl (C=O) groups is 1. The van der Waals surface area contributed by atoms with E-state index in [0.29, 0.717) is 23.6 Å². The lowest BCUT2D eigenvalue weighted by atomic mass is 10.2. The van der Waals surface area contributed by atoms with Gasteiger partial charge in [0.1, 0.15) is 6.73 Å². The van der Waals surface area contributed by atoms with Crippen LogP contribution in [0.4, 0.5) is 0 Å². The molecular weight excluding hydrogens is 306 g/mol. The summed E-state index contributed by atoms with van der Waals surface area (Å²) in [6, 6.07) is 7.53. The minimum atomic E-state index is -0.0190. The highest BCUT2D eigenvalue weighted by Gasteiger charge is 2.21. The molecule has 0 aliphatic carbocycles. The molecule has 0 N–H and O–H groups in total. The normalized spacial score (nSPS) is 19.5. The summed E-state index contributed by atoms with van der Waals surface area (Å²) in [5.74, 6) is -0.0190. The average Bonchev–Trinajstić information content (AvgIpc) is 2.53. The van der Waals surface area contributed by atoms with Crippen molar-refractivity contribution in [3.63, 3.8) is 0 Å². The first-order valence-corrected chi connectivity index (χ1v) is 8.35. The van der Waals surface area contributed by atoms with E-state index >= 15 is 0 Å². The van der Waals surface area contributed by atoms with Crippen molar-refractivity contribution < 1.29 is 9.53 Å². The fourth-order valence-corrected chi connectivity index (χ4v) is 2.61. The largest absolute Gasteiger partial charge is 0.360 e. The molecule has 1 aromatic carbocycles. The SMILES string of the molecule is CSC1COCN(C(=O)/C=C/C=C/c2ccc(Cl)cc2)C1. The zero-order valence-corrected chi connectivity index (χ0v) is 13.4. The molecule has 0 saturated carbocycles. The van der Waals surface area contributed by atoms with Crippen molar-refractivity contribution in [3.8, 4) is 0 Å². The summed E-state index contributed by atoms with van der Waals surface area (Å²) in [5, 5.41) is 1.08. The lowest BCUT2D eigenvalue weighted by molar-refractivity contribution is -0.134. The van der Waals surface area contributed by atoms with Gasteiger partial charge in [-0.15, -0.1) is 0 Å². The number of thioether (sulfide) groups is 1. The second-order valence-electron chi connectivity index (χ2n) is 4.69. The fourth-order valence-electron chi connectivity index (χ4n) is 1.93. The fraction of sp³-hybridized carbons (Fsp3) is 0.312. The quantitative estimate of drug-likeness (QED) is 0.628. The molecule has 0 bridgehead atoms. The van der Waals surface area contributed by atoms with Gasteiger partial charge in [-0.3, -0.25) is 4.79 Å². The molecule has 21 heavy (non-hydrogen) atoms. The van der Waals surface area contributed by atoms with E-state index in [9.17, 15) is 4.79 Å². The van der Waals surface area contributed by atoms with Crippen LogP contribution in [0.1, 0.15) is 5.56 Å². The van der Waals surface area contributed by atoms with E-state index in [1.807, 2.05) is 42.7 Å². The van der Waals surface area contributed by atoms with Crippen LogP contribution in [0.3, 0.4) is 0 Å². The van der Waals surface area contributed by atoms with Crippen LogP contribution < -0.4 is 0 Å². The van der Waals surface area contributed by atoms with Crippen LogP contribution in [-0.2, 0) is 9.53 Å². The second-order valence-corrected chi connectivity index (χ2v) is 6.26. The van der Waals surface area contributed by atoms with Gasteiger partial charge in [-0.25, -0.2) is 0 Å². The van der Waals surface area contributed by atoms with E-state index in [1.54, 1.807) is 28.8 Å². The van der Waals surface area contributed by atoms with Crippen LogP contribution in [-0.4, -0.2) is 42.2 Å². The predicted molar refractivity (Wildman–Crippen MR) is 89.5 cm³/mol. The Hall–Kier alpha value is -1.23. The van der Waals surface area contributed by atoms with Gasteiger partial charge in [0, 0.05) is 22.9 Å². The molecule has 1 atom stereocenters. The number of ether oxygens (including phenoxy) is 1. The van der Waals surface area contributed by atoms with Gasteiger partial charge in [0.05, 0.1) is 6.61 Å². The van der Waals surface area contributed by atoms with Gasteiger partial charge in [-0.1, -0.05) is 42.0 Å². The number of rotatable bonds is 4. The lowest BCUT2D eigenvalue weighted by Gasteiger charge is -2.30. The number of carbonyl (C=O) groups excluding carboxylic acids is 1. The first kappa shape index (κ1) is 16.1. The molecule has 1 heterocycles. The molecule has 112 valence electrons. The minimum absolute atomic E-state index is 0.0190. The zero-order valence-electron chi connectivity index (χ0n) is 11.9. The van der Waals surface area contributed by atoms with Crippen LogP contribution in [0.2, 0.25) is 5.02 Å². The number of hydrogen-bond acceptors (Lipinski definition) is 3. The van der Waals surface area contributed by atoms with Gasteiger partial charge >= 0.3 is 0 Å². The number of nitrogens with zero attached hydrogens (tertiary/aromatic N) is 1. The Morgan fingerprint density at radius 1 is 1.38 bits per heavy atom. The highest BCUT2D eigenvalue weighted by atomic mass is 35.5. The minimum Gasteiger partial charge on any atom is -0.360 e. The average molecular weight is 324 g/mol. The molecule has 1 aromatic rings. The third kappa shape index (κ3) is 5.23. The van der Waals surface area contributed by atoms with Crippen LogP contribution in [0.5, 0.6) is 0 Å². The van der Waals surface area contributed by atoms with Crippen molar-refractivity contribution in [2.45, 2.75) is 5.25 Å². The lowest BCUT2D eigenvalue weighted by Crippen LogP contribution is -2.43. The molecule has 0 spiro atoms. The van der Waals surface area contributed by atoms with Gasteiger partial charge in [0.25, 0.3) is 0 Å². The molecule has 0 radical (unpaired) electrons. The van der Waals surface area contributed by atoms with Crippen molar-refractivity contribution in [2.75, 3.05) is 26.1 Å². The van der Waals surface area contributed by atoms with Crippen molar-refractivity contribution in [1.29, 1.82) is 0 Å². The van der Waals surface area contributed by atoms with Crippen molar-refractivity contribution in [3.05, 3.63) is 53.1 Å². The Morgan fingerprint density at radius 3 is 2.86 bits per heavy atom. The summed E-state index contributed by atoms with van der Waals surface area (Å²) in [6.07, 6.45) is 9.13. The summed E-state index contributed by atoms with van der Waals surface area (Å²) in [7, 11) is 0. The number of halogens is 1. The summed E-state index contributed by atoms with van der Waals surface area (Å²) in [4.78, 5) is 13.7. The van der Waals surface area contributed by atoms with Gasteiger partial charge in [0.15, 0.2) is 0 Å². The summed E-state index contributed by atoms with van der Waals surface area (Å²) in [6.45, 7) is 1.83. The summed E-state index contributed by atoms with van der Waals surface area (Å²) in [5.41, 5.74) is 1.04. The highest BCUT2D eigenvalue weighted by molar-refractivity contribution is 7.99. The molecule has 1 unspecified atom stereocenters. The van der Waals surface area contributed by atoms with E-state index in [0.717, 1.165) is 12.1 Å². The molecule has 1 amide bonds. The Kier molecular flexibility index (Phi) is 6.36. The first-order chi connectivity index (χ1) is 10.2. The number of hydrogen-bond donors (Lipinski definition) is 0. The molecule has 1 saturated heterocycles. The van der Waals surface area contributed by atoms with Gasteiger partial charge in [-0.05, 0) is 24.0 Å². The summed E-state index contributed by atoms with van der Waals surface area (Å²) < 4.78 is 5.41. The molecule has 1 aliphatic heterocycles. The number of benzene rings is 1. The molecule has 5 heteroatoms. The van der Waals surface area contributed by atoms with E-state index < -0.39 is 0 Å². The summed E-state index contributed by atoms with van der Waals surface area (Å²) >= 11 is 7.55. The molecule has 1 fully saturated rings. The molecule has 2 rings (SSSR count).